The van der Waals surface area contributed by atoms with Crippen LogP contribution in [0.15, 0.2) is 65.8 Å². The van der Waals surface area contributed by atoms with E-state index < -0.39 is 24.2 Å². The number of thioether (sulfide) groups is 1. The summed E-state index contributed by atoms with van der Waals surface area (Å²) in [6, 6.07) is 17.8. The molecular formula is C26H26F2N4OS. The first-order chi connectivity index (χ1) is 16.5. The highest BCUT2D eigenvalue weighted by atomic mass is 32.2. The summed E-state index contributed by atoms with van der Waals surface area (Å²) in [4.78, 5) is 21.2. The normalized spacial score (nSPS) is 19.3. The summed E-state index contributed by atoms with van der Waals surface area (Å²) in [6.45, 7) is -0.186. The van der Waals surface area contributed by atoms with Crippen LogP contribution >= 0.6 is 11.8 Å². The van der Waals surface area contributed by atoms with Gasteiger partial charge in [-0.25, -0.2) is 13.8 Å². The number of imidazole rings is 1. The molecule has 1 aliphatic rings. The van der Waals surface area contributed by atoms with Crippen molar-refractivity contribution < 1.29 is 13.6 Å². The van der Waals surface area contributed by atoms with Gasteiger partial charge in [-0.2, -0.15) is 5.26 Å². The predicted molar refractivity (Wildman–Crippen MR) is 129 cm³/mol. The van der Waals surface area contributed by atoms with Gasteiger partial charge in [-0.15, -0.1) is 11.8 Å². The molecule has 0 spiro atoms. The smallest absolute Gasteiger partial charge is 0.249 e. The fourth-order valence-corrected chi connectivity index (χ4v) is 5.41. The van der Waals surface area contributed by atoms with Crippen molar-refractivity contribution in [3.8, 4) is 17.2 Å². The molecule has 2 aromatic carbocycles. The Morgan fingerprint density at radius 1 is 1.24 bits per heavy atom. The average molecular weight is 481 g/mol. The van der Waals surface area contributed by atoms with Crippen molar-refractivity contribution in [1.82, 2.24) is 15.3 Å². The summed E-state index contributed by atoms with van der Waals surface area (Å²) in [7, 11) is 0. The van der Waals surface area contributed by atoms with Gasteiger partial charge < -0.3 is 10.3 Å². The maximum absolute atomic E-state index is 14.2. The van der Waals surface area contributed by atoms with Gasteiger partial charge >= 0.3 is 0 Å². The molecule has 8 heteroatoms. The number of aryl methyl sites for hydroxylation is 1. The minimum absolute atomic E-state index is 0.186. The van der Waals surface area contributed by atoms with E-state index in [1.807, 2.05) is 48.7 Å². The highest BCUT2D eigenvalue weighted by Gasteiger charge is 2.45. The van der Waals surface area contributed by atoms with Crippen LogP contribution in [0.3, 0.4) is 0 Å². The number of aromatic amines is 1. The fraction of sp³-hybridized carbons (Fsp3) is 0.346. The molecule has 1 saturated carbocycles. The summed E-state index contributed by atoms with van der Waals surface area (Å²) < 4.78 is 28.5. The molecule has 0 aliphatic heterocycles. The van der Waals surface area contributed by atoms with Crippen molar-refractivity contribution in [1.29, 1.82) is 5.26 Å². The monoisotopic (exact) mass is 480 g/mol. The van der Waals surface area contributed by atoms with Gasteiger partial charge in [0.05, 0.1) is 12.0 Å². The van der Waals surface area contributed by atoms with Gasteiger partial charge in [0, 0.05) is 42.3 Å². The number of amides is 1. The summed E-state index contributed by atoms with van der Waals surface area (Å²) in [6.07, 6.45) is 3.88. The zero-order valence-corrected chi connectivity index (χ0v) is 19.5. The molecule has 0 unspecified atom stereocenters. The number of H-pyrrole nitrogens is 1. The molecule has 1 amide bonds. The molecule has 1 fully saturated rings. The molecule has 0 bridgehead atoms. The zero-order chi connectivity index (χ0) is 24.0. The number of halogens is 2. The van der Waals surface area contributed by atoms with Gasteiger partial charge in [0.1, 0.15) is 12.4 Å². The van der Waals surface area contributed by atoms with E-state index in [0.717, 1.165) is 39.6 Å². The molecule has 1 heterocycles. The molecule has 5 nitrogen and oxygen atoms in total. The Balaban J connectivity index is 1.53. The lowest BCUT2D eigenvalue weighted by molar-refractivity contribution is -0.133. The Bertz CT molecular complexity index is 1140. The summed E-state index contributed by atoms with van der Waals surface area (Å²) >= 11 is 1.74. The second kappa shape index (κ2) is 10.8. The lowest BCUT2D eigenvalue weighted by Gasteiger charge is -2.36. The Labute approximate surface area is 202 Å². The highest BCUT2D eigenvalue weighted by molar-refractivity contribution is 7.99. The van der Waals surface area contributed by atoms with Crippen molar-refractivity contribution in [2.75, 3.05) is 12.3 Å². The van der Waals surface area contributed by atoms with Crippen molar-refractivity contribution in [2.45, 2.75) is 42.4 Å². The Kier molecular flexibility index (Phi) is 7.63. The number of nitriles is 1. The number of aromatic nitrogens is 2. The number of benzene rings is 2. The van der Waals surface area contributed by atoms with Gasteiger partial charge in [0.25, 0.3) is 0 Å². The number of carbonyl (C=O) groups excluding carboxylic acids is 1. The van der Waals surface area contributed by atoms with Crippen molar-refractivity contribution >= 4 is 17.7 Å². The molecule has 1 aliphatic carbocycles. The first-order valence-electron chi connectivity index (χ1n) is 11.3. The van der Waals surface area contributed by atoms with E-state index in [0.29, 0.717) is 0 Å². The summed E-state index contributed by atoms with van der Waals surface area (Å²) in [5, 5.41) is 11.3. The molecule has 4 rings (SSSR count). The first-order valence-corrected chi connectivity index (χ1v) is 12.3. The van der Waals surface area contributed by atoms with E-state index in [1.54, 1.807) is 18.0 Å². The first kappa shape index (κ1) is 24.0. The van der Waals surface area contributed by atoms with E-state index in [4.69, 9.17) is 5.26 Å². The van der Waals surface area contributed by atoms with E-state index in [-0.39, 0.29) is 25.3 Å². The number of nitrogens with one attached hydrogen (secondary N) is 2. The maximum Gasteiger partial charge on any atom is 0.249 e. The Morgan fingerprint density at radius 3 is 2.76 bits per heavy atom. The molecule has 0 radical (unpaired) electrons. The Morgan fingerprint density at radius 2 is 2.03 bits per heavy atom. The summed E-state index contributed by atoms with van der Waals surface area (Å²) in [5.41, 5.74) is 2.83. The van der Waals surface area contributed by atoms with Gasteiger partial charge in [-0.3, -0.25) is 4.79 Å². The Hall–Kier alpha value is -3.18. The molecule has 3 aromatic rings. The van der Waals surface area contributed by atoms with Crippen LogP contribution in [0, 0.1) is 17.2 Å². The quantitative estimate of drug-likeness (QED) is 0.326. The standard InChI is InChI=1S/C26H26F2N4OS/c27-26(28)11-9-22(23(17-26)25(33)32-13-12-29)21-4-2-1-3-20(21)18-5-7-19(8-6-18)34-16-10-24-30-14-15-31-24/h1-8,14-15,22-23H,9-11,13,16-17H2,(H,30,31)(H,32,33)/t22-,23+/m0/s1. The molecular weight excluding hydrogens is 454 g/mol. The van der Waals surface area contributed by atoms with E-state index in [2.05, 4.69) is 27.4 Å². The minimum Gasteiger partial charge on any atom is -0.349 e. The molecule has 0 saturated heterocycles. The van der Waals surface area contributed by atoms with Crippen LogP contribution < -0.4 is 5.32 Å². The number of carbonyl (C=O) groups is 1. The molecule has 2 atom stereocenters. The van der Waals surface area contributed by atoms with Gasteiger partial charge in [0.2, 0.25) is 11.8 Å². The van der Waals surface area contributed by atoms with Gasteiger partial charge in [-0.1, -0.05) is 36.4 Å². The fourth-order valence-electron chi connectivity index (χ4n) is 4.55. The van der Waals surface area contributed by atoms with Crippen LogP contribution in [0.25, 0.3) is 11.1 Å². The lowest BCUT2D eigenvalue weighted by Crippen LogP contribution is -2.41. The number of hydrogen-bond acceptors (Lipinski definition) is 4. The average Bonchev–Trinajstić information content (AvgIpc) is 3.36. The third-order valence-electron chi connectivity index (χ3n) is 6.19. The van der Waals surface area contributed by atoms with Crippen molar-refractivity contribution in [2.24, 2.45) is 5.92 Å². The molecule has 34 heavy (non-hydrogen) atoms. The largest absolute Gasteiger partial charge is 0.349 e. The van der Waals surface area contributed by atoms with Crippen LogP contribution in [0.2, 0.25) is 0 Å². The zero-order valence-electron chi connectivity index (χ0n) is 18.6. The second-order valence-corrected chi connectivity index (χ2v) is 9.60. The van der Waals surface area contributed by atoms with Crippen LogP contribution in [-0.4, -0.2) is 34.1 Å². The predicted octanol–water partition coefficient (Wildman–Crippen LogP) is 5.57. The lowest BCUT2D eigenvalue weighted by atomic mass is 9.72. The van der Waals surface area contributed by atoms with E-state index in [9.17, 15) is 13.6 Å². The van der Waals surface area contributed by atoms with Crippen LogP contribution in [-0.2, 0) is 11.2 Å². The number of nitrogens with zero attached hydrogens (tertiary/aromatic N) is 2. The molecule has 2 N–H and O–H groups in total. The van der Waals surface area contributed by atoms with Crippen molar-refractivity contribution in [3.63, 3.8) is 0 Å². The van der Waals surface area contributed by atoms with E-state index >= 15 is 0 Å². The van der Waals surface area contributed by atoms with Crippen LogP contribution in [0.5, 0.6) is 0 Å². The van der Waals surface area contributed by atoms with Crippen LogP contribution in [0.4, 0.5) is 8.78 Å². The minimum atomic E-state index is -2.88. The third kappa shape index (κ3) is 5.84. The maximum atomic E-state index is 14.2. The molecule has 1 aromatic heterocycles. The van der Waals surface area contributed by atoms with E-state index in [1.165, 1.54) is 0 Å². The van der Waals surface area contributed by atoms with Gasteiger partial charge in [0.15, 0.2) is 0 Å². The number of alkyl halides is 2. The molecule has 176 valence electrons. The number of hydrogen-bond donors (Lipinski definition) is 2. The second-order valence-electron chi connectivity index (χ2n) is 8.43. The number of rotatable bonds is 8. The highest BCUT2D eigenvalue weighted by Crippen LogP contribution is 2.47. The van der Waals surface area contributed by atoms with Gasteiger partial charge in [-0.05, 0) is 41.2 Å². The SMILES string of the molecule is N#CCNC(=O)[C@@H]1CC(F)(F)CC[C@H]1c1ccccc1-c1ccc(SCCc2ncc[nH]2)cc1. The third-order valence-corrected chi connectivity index (χ3v) is 7.21. The summed E-state index contributed by atoms with van der Waals surface area (Å²) in [5.74, 6) is -2.71. The van der Waals surface area contributed by atoms with Crippen molar-refractivity contribution in [3.05, 3.63) is 72.3 Å². The topological polar surface area (TPSA) is 81.6 Å². The van der Waals surface area contributed by atoms with Crippen LogP contribution in [0.1, 0.15) is 36.6 Å².